The topological polar surface area (TPSA) is 79.8 Å². The molecule has 6 nitrogen and oxygen atoms in total. The minimum atomic E-state index is -0.351. The molecular formula is C24H22ClN3O3. The predicted octanol–water partition coefficient (Wildman–Crippen LogP) is 5.31. The average Bonchev–Trinajstić information content (AvgIpc) is 2.75. The van der Waals surface area contributed by atoms with Gasteiger partial charge in [0.1, 0.15) is 11.5 Å². The number of anilines is 1. The van der Waals surface area contributed by atoms with Gasteiger partial charge in [-0.1, -0.05) is 41.9 Å². The van der Waals surface area contributed by atoms with Gasteiger partial charge in [0.2, 0.25) is 11.8 Å². The largest absolute Gasteiger partial charge is 0.457 e. The minimum Gasteiger partial charge on any atom is -0.457 e. The molecule has 0 radical (unpaired) electrons. The Balaban J connectivity index is 1.45. The van der Waals surface area contributed by atoms with Crippen molar-refractivity contribution < 1.29 is 14.3 Å². The predicted molar refractivity (Wildman–Crippen MR) is 123 cm³/mol. The lowest BCUT2D eigenvalue weighted by Gasteiger charge is -2.08. The number of nitrogens with zero attached hydrogens (tertiary/aromatic N) is 1. The first kappa shape index (κ1) is 22.1. The van der Waals surface area contributed by atoms with Crippen molar-refractivity contribution in [3.8, 4) is 11.5 Å². The normalized spacial score (nSPS) is 10.6. The lowest BCUT2D eigenvalue weighted by atomic mass is 10.2. The molecule has 0 saturated carbocycles. The molecule has 0 bridgehead atoms. The lowest BCUT2D eigenvalue weighted by Crippen LogP contribution is -2.20. The van der Waals surface area contributed by atoms with Gasteiger partial charge in [-0.3, -0.25) is 9.59 Å². The Hall–Kier alpha value is -3.64. The molecular weight excluding hydrogens is 414 g/mol. The van der Waals surface area contributed by atoms with Gasteiger partial charge in [-0.25, -0.2) is 5.43 Å². The van der Waals surface area contributed by atoms with Gasteiger partial charge in [0.05, 0.1) is 6.21 Å². The van der Waals surface area contributed by atoms with Crippen molar-refractivity contribution in [2.45, 2.75) is 19.8 Å². The summed E-state index contributed by atoms with van der Waals surface area (Å²) in [7, 11) is 0. The van der Waals surface area contributed by atoms with E-state index in [0.29, 0.717) is 16.5 Å². The monoisotopic (exact) mass is 435 g/mol. The fraction of sp³-hybridized carbons (Fsp3) is 0.125. The van der Waals surface area contributed by atoms with Crippen molar-refractivity contribution >= 4 is 35.3 Å². The Morgan fingerprint density at radius 3 is 2.45 bits per heavy atom. The fourth-order valence-electron chi connectivity index (χ4n) is 2.72. The van der Waals surface area contributed by atoms with E-state index in [0.717, 1.165) is 16.9 Å². The summed E-state index contributed by atoms with van der Waals surface area (Å²) in [5.41, 5.74) is 4.73. The molecule has 0 unspecified atom stereocenters. The highest BCUT2D eigenvalue weighted by atomic mass is 35.5. The third-order valence-electron chi connectivity index (χ3n) is 4.28. The van der Waals surface area contributed by atoms with E-state index in [2.05, 4.69) is 15.8 Å². The maximum atomic E-state index is 12.1. The standard InChI is InChI=1S/C24H22ClN3O3/c1-17-14-19(25)10-11-22(17)27-23(29)12-13-24(30)28-26-16-18-6-5-9-21(15-18)31-20-7-3-2-4-8-20/h2-11,14-16H,12-13H2,1H3,(H,27,29)(H,28,30)/b26-16+. The third-order valence-corrected chi connectivity index (χ3v) is 4.52. The zero-order chi connectivity index (χ0) is 22.1. The van der Waals surface area contributed by atoms with Crippen LogP contribution in [0.3, 0.4) is 0 Å². The second-order valence-corrected chi connectivity index (χ2v) is 7.22. The van der Waals surface area contributed by atoms with Gasteiger partial charge < -0.3 is 10.1 Å². The van der Waals surface area contributed by atoms with Crippen molar-refractivity contribution in [1.29, 1.82) is 0 Å². The number of hydrazone groups is 1. The van der Waals surface area contributed by atoms with Crippen molar-refractivity contribution in [3.63, 3.8) is 0 Å². The summed E-state index contributed by atoms with van der Waals surface area (Å²) >= 11 is 5.91. The summed E-state index contributed by atoms with van der Waals surface area (Å²) < 4.78 is 5.77. The van der Waals surface area contributed by atoms with Gasteiger partial charge in [0.15, 0.2) is 0 Å². The van der Waals surface area contributed by atoms with Crippen LogP contribution in [0.5, 0.6) is 11.5 Å². The Morgan fingerprint density at radius 2 is 1.68 bits per heavy atom. The van der Waals surface area contributed by atoms with Crippen LogP contribution in [0.1, 0.15) is 24.0 Å². The molecule has 2 amide bonds. The van der Waals surface area contributed by atoms with E-state index in [1.165, 1.54) is 6.21 Å². The van der Waals surface area contributed by atoms with E-state index in [1.54, 1.807) is 18.2 Å². The molecule has 0 heterocycles. The van der Waals surface area contributed by atoms with E-state index in [4.69, 9.17) is 16.3 Å². The van der Waals surface area contributed by atoms with E-state index >= 15 is 0 Å². The number of rotatable bonds is 8. The minimum absolute atomic E-state index is 0.0208. The number of aryl methyl sites for hydroxylation is 1. The van der Waals surface area contributed by atoms with Crippen LogP contribution in [-0.4, -0.2) is 18.0 Å². The summed E-state index contributed by atoms with van der Waals surface area (Å²) in [5, 5.41) is 7.32. The Kier molecular flexibility index (Phi) is 7.79. The summed E-state index contributed by atoms with van der Waals surface area (Å²) in [6.07, 6.45) is 1.59. The molecule has 31 heavy (non-hydrogen) atoms. The van der Waals surface area contributed by atoms with Gasteiger partial charge in [-0.05, 0) is 60.5 Å². The molecule has 2 N–H and O–H groups in total. The van der Waals surface area contributed by atoms with Crippen molar-refractivity contribution in [1.82, 2.24) is 5.43 Å². The van der Waals surface area contributed by atoms with E-state index in [-0.39, 0.29) is 24.7 Å². The molecule has 7 heteroatoms. The van der Waals surface area contributed by atoms with Crippen LogP contribution in [-0.2, 0) is 9.59 Å². The van der Waals surface area contributed by atoms with E-state index < -0.39 is 0 Å². The maximum absolute atomic E-state index is 12.1. The van der Waals surface area contributed by atoms with Crippen LogP contribution >= 0.6 is 11.6 Å². The molecule has 0 aliphatic carbocycles. The second-order valence-electron chi connectivity index (χ2n) is 6.79. The number of benzene rings is 3. The van der Waals surface area contributed by atoms with Gasteiger partial charge in [-0.15, -0.1) is 0 Å². The highest BCUT2D eigenvalue weighted by molar-refractivity contribution is 6.30. The molecule has 0 saturated heterocycles. The number of para-hydroxylation sites is 1. The van der Waals surface area contributed by atoms with Crippen LogP contribution in [0.2, 0.25) is 5.02 Å². The van der Waals surface area contributed by atoms with Crippen molar-refractivity contribution in [2.24, 2.45) is 5.10 Å². The first-order chi connectivity index (χ1) is 15.0. The summed E-state index contributed by atoms with van der Waals surface area (Å²) in [5.74, 6) is 0.791. The zero-order valence-electron chi connectivity index (χ0n) is 17.0. The first-order valence-electron chi connectivity index (χ1n) is 9.70. The lowest BCUT2D eigenvalue weighted by molar-refractivity contribution is -0.124. The van der Waals surface area contributed by atoms with E-state index in [1.807, 2.05) is 61.5 Å². The maximum Gasteiger partial charge on any atom is 0.240 e. The van der Waals surface area contributed by atoms with Gasteiger partial charge in [0.25, 0.3) is 0 Å². The summed E-state index contributed by atoms with van der Waals surface area (Å²) in [6.45, 7) is 1.85. The molecule has 0 spiro atoms. The van der Waals surface area contributed by atoms with Crippen LogP contribution < -0.4 is 15.5 Å². The Labute approximate surface area is 185 Å². The molecule has 3 rings (SSSR count). The highest BCUT2D eigenvalue weighted by Crippen LogP contribution is 2.21. The van der Waals surface area contributed by atoms with Gasteiger partial charge in [0, 0.05) is 23.6 Å². The smallest absolute Gasteiger partial charge is 0.240 e. The zero-order valence-corrected chi connectivity index (χ0v) is 17.7. The number of carbonyl (C=O) groups excluding carboxylic acids is 2. The SMILES string of the molecule is Cc1cc(Cl)ccc1NC(=O)CCC(=O)N/N=C/c1cccc(Oc2ccccc2)c1. The molecule has 3 aromatic rings. The van der Waals surface area contributed by atoms with Gasteiger partial charge in [-0.2, -0.15) is 5.10 Å². The number of amides is 2. The molecule has 0 aliphatic heterocycles. The number of nitrogens with one attached hydrogen (secondary N) is 2. The van der Waals surface area contributed by atoms with Crippen LogP contribution in [0.4, 0.5) is 5.69 Å². The van der Waals surface area contributed by atoms with Crippen LogP contribution in [0.25, 0.3) is 0 Å². The molecule has 0 atom stereocenters. The Morgan fingerprint density at radius 1 is 0.935 bits per heavy atom. The first-order valence-corrected chi connectivity index (χ1v) is 10.1. The summed E-state index contributed by atoms with van der Waals surface area (Å²) in [6, 6.07) is 22.0. The molecule has 3 aromatic carbocycles. The number of hydrogen-bond donors (Lipinski definition) is 2. The number of carbonyl (C=O) groups is 2. The van der Waals surface area contributed by atoms with E-state index in [9.17, 15) is 9.59 Å². The van der Waals surface area contributed by atoms with Gasteiger partial charge >= 0.3 is 0 Å². The molecule has 158 valence electrons. The number of halogens is 1. The van der Waals surface area contributed by atoms with Crippen molar-refractivity contribution in [3.05, 3.63) is 88.9 Å². The fourth-order valence-corrected chi connectivity index (χ4v) is 2.95. The van der Waals surface area contributed by atoms with Crippen LogP contribution in [0.15, 0.2) is 77.9 Å². The highest BCUT2D eigenvalue weighted by Gasteiger charge is 2.08. The molecule has 0 fully saturated rings. The second kappa shape index (κ2) is 10.9. The third kappa shape index (κ3) is 7.28. The summed E-state index contributed by atoms with van der Waals surface area (Å²) in [4.78, 5) is 24.0. The van der Waals surface area contributed by atoms with Crippen LogP contribution in [0, 0.1) is 6.92 Å². The quantitative estimate of drug-likeness (QED) is 0.371. The van der Waals surface area contributed by atoms with Crippen molar-refractivity contribution in [2.75, 3.05) is 5.32 Å². The number of ether oxygens (including phenoxy) is 1. The Bertz CT molecular complexity index is 1080. The molecule has 0 aromatic heterocycles. The average molecular weight is 436 g/mol. The number of hydrogen-bond acceptors (Lipinski definition) is 4. The molecule has 0 aliphatic rings.